The topological polar surface area (TPSA) is 20.3 Å². The van der Waals surface area contributed by atoms with E-state index >= 15 is 0 Å². The van der Waals surface area contributed by atoms with Crippen LogP contribution in [0.5, 0.6) is 0 Å². The zero-order valence-corrected chi connectivity index (χ0v) is 13.5. The summed E-state index contributed by atoms with van der Waals surface area (Å²) in [4.78, 5) is 14.2. The van der Waals surface area contributed by atoms with E-state index in [1.165, 1.54) is 32.1 Å². The zero-order valence-electron chi connectivity index (χ0n) is 11.2. The minimum atomic E-state index is 0.0110. The van der Waals surface area contributed by atoms with Gasteiger partial charge in [0.2, 0.25) is 0 Å². The molecule has 0 saturated heterocycles. The van der Waals surface area contributed by atoms with Crippen molar-refractivity contribution in [3.05, 3.63) is 33.3 Å². The van der Waals surface area contributed by atoms with Crippen molar-refractivity contribution in [1.29, 1.82) is 0 Å². The maximum atomic E-state index is 12.4. The van der Waals surface area contributed by atoms with Gasteiger partial charge in [-0.1, -0.05) is 36.9 Å². The van der Waals surface area contributed by atoms with Crippen molar-refractivity contribution < 1.29 is 4.79 Å². The van der Waals surface area contributed by atoms with Crippen molar-refractivity contribution in [1.82, 2.24) is 4.90 Å². The van der Waals surface area contributed by atoms with Gasteiger partial charge in [0.25, 0.3) is 5.91 Å². The van der Waals surface area contributed by atoms with Gasteiger partial charge in [0.1, 0.15) is 0 Å². The Labute approximate surface area is 128 Å². The Morgan fingerprint density at radius 1 is 1.37 bits per heavy atom. The van der Waals surface area contributed by atoms with Crippen LogP contribution in [0.25, 0.3) is 0 Å². The third-order valence-electron chi connectivity index (χ3n) is 3.79. The van der Waals surface area contributed by atoms with Crippen molar-refractivity contribution >= 4 is 33.4 Å². The SMILES string of the molecule is CN(CC1CCCCC1)C(=O)c1cccc(Br)c1Cl. The average Bonchev–Trinajstić information content (AvgIpc) is 2.42. The van der Waals surface area contributed by atoms with E-state index in [9.17, 15) is 4.79 Å². The van der Waals surface area contributed by atoms with Crippen LogP contribution in [0.4, 0.5) is 0 Å². The molecule has 0 bridgehead atoms. The zero-order chi connectivity index (χ0) is 13.8. The summed E-state index contributed by atoms with van der Waals surface area (Å²) in [5.41, 5.74) is 0.578. The molecule has 1 aromatic rings. The number of hydrogen-bond donors (Lipinski definition) is 0. The quantitative estimate of drug-likeness (QED) is 0.774. The second kappa shape index (κ2) is 6.76. The predicted molar refractivity (Wildman–Crippen MR) is 82.7 cm³/mol. The fourth-order valence-electron chi connectivity index (χ4n) is 2.71. The van der Waals surface area contributed by atoms with Crippen molar-refractivity contribution in [2.75, 3.05) is 13.6 Å². The number of rotatable bonds is 3. The summed E-state index contributed by atoms with van der Waals surface area (Å²) in [6.45, 7) is 0.835. The number of carbonyl (C=O) groups excluding carboxylic acids is 1. The molecule has 1 aromatic carbocycles. The Hall–Kier alpha value is -0.540. The number of nitrogens with zero attached hydrogens (tertiary/aromatic N) is 1. The van der Waals surface area contributed by atoms with Crippen LogP contribution in [-0.4, -0.2) is 24.4 Å². The highest BCUT2D eigenvalue weighted by molar-refractivity contribution is 9.10. The lowest BCUT2D eigenvalue weighted by molar-refractivity contribution is 0.0760. The molecule has 0 heterocycles. The first-order valence-electron chi connectivity index (χ1n) is 6.79. The smallest absolute Gasteiger partial charge is 0.255 e. The Balaban J connectivity index is 2.03. The standard InChI is InChI=1S/C15H19BrClNO/c1-18(10-11-6-3-2-4-7-11)15(19)12-8-5-9-13(16)14(12)17/h5,8-9,11H,2-4,6-7,10H2,1H3. The third-order valence-corrected chi connectivity index (χ3v) is 5.08. The molecule has 0 atom stereocenters. The van der Waals surface area contributed by atoms with Gasteiger partial charge >= 0.3 is 0 Å². The molecular weight excluding hydrogens is 326 g/mol. The molecule has 0 aliphatic heterocycles. The van der Waals surface area contributed by atoms with Crippen LogP contribution in [0.15, 0.2) is 22.7 Å². The molecule has 0 unspecified atom stereocenters. The fourth-order valence-corrected chi connectivity index (χ4v) is 3.29. The van der Waals surface area contributed by atoms with Gasteiger partial charge in [-0.15, -0.1) is 0 Å². The molecule has 0 aromatic heterocycles. The minimum Gasteiger partial charge on any atom is -0.341 e. The van der Waals surface area contributed by atoms with Gasteiger partial charge in [0.15, 0.2) is 0 Å². The number of hydrogen-bond acceptors (Lipinski definition) is 1. The maximum Gasteiger partial charge on any atom is 0.255 e. The van der Waals surface area contributed by atoms with E-state index in [4.69, 9.17) is 11.6 Å². The minimum absolute atomic E-state index is 0.0110. The van der Waals surface area contributed by atoms with Gasteiger partial charge in [-0.2, -0.15) is 0 Å². The Kier molecular flexibility index (Phi) is 5.28. The van der Waals surface area contributed by atoms with Crippen molar-refractivity contribution in [3.63, 3.8) is 0 Å². The highest BCUT2D eigenvalue weighted by Crippen LogP contribution is 2.28. The van der Waals surface area contributed by atoms with E-state index in [2.05, 4.69) is 15.9 Å². The van der Waals surface area contributed by atoms with Gasteiger partial charge < -0.3 is 4.90 Å². The lowest BCUT2D eigenvalue weighted by Crippen LogP contribution is -2.32. The summed E-state index contributed by atoms with van der Waals surface area (Å²) in [5.74, 6) is 0.658. The number of carbonyl (C=O) groups is 1. The van der Waals surface area contributed by atoms with E-state index in [0.29, 0.717) is 16.5 Å². The lowest BCUT2D eigenvalue weighted by atomic mass is 9.89. The van der Waals surface area contributed by atoms with Crippen LogP contribution in [0.2, 0.25) is 5.02 Å². The summed E-state index contributed by atoms with van der Waals surface area (Å²) in [7, 11) is 1.87. The summed E-state index contributed by atoms with van der Waals surface area (Å²) in [6.07, 6.45) is 6.41. The summed E-state index contributed by atoms with van der Waals surface area (Å²) >= 11 is 9.54. The van der Waals surface area contributed by atoms with Gasteiger partial charge in [0, 0.05) is 18.1 Å². The fraction of sp³-hybridized carbons (Fsp3) is 0.533. The van der Waals surface area contributed by atoms with E-state index < -0.39 is 0 Å². The van der Waals surface area contributed by atoms with Gasteiger partial charge in [-0.25, -0.2) is 0 Å². The summed E-state index contributed by atoms with van der Waals surface area (Å²) in [5, 5.41) is 0.503. The van der Waals surface area contributed by atoms with Crippen molar-refractivity contribution in [2.45, 2.75) is 32.1 Å². The first kappa shape index (κ1) is 14.9. The van der Waals surface area contributed by atoms with Gasteiger partial charge in [0.05, 0.1) is 10.6 Å². The molecule has 1 fully saturated rings. The first-order valence-corrected chi connectivity index (χ1v) is 7.96. The molecule has 0 radical (unpaired) electrons. The molecule has 0 N–H and O–H groups in total. The molecule has 2 rings (SSSR count). The maximum absolute atomic E-state index is 12.4. The lowest BCUT2D eigenvalue weighted by Gasteiger charge is -2.27. The van der Waals surface area contributed by atoms with E-state index in [-0.39, 0.29) is 5.91 Å². The largest absolute Gasteiger partial charge is 0.341 e. The van der Waals surface area contributed by atoms with Crippen LogP contribution < -0.4 is 0 Å². The van der Waals surface area contributed by atoms with Crippen LogP contribution in [0.3, 0.4) is 0 Å². The molecule has 2 nitrogen and oxygen atoms in total. The Morgan fingerprint density at radius 3 is 2.74 bits per heavy atom. The molecule has 104 valence electrons. The van der Waals surface area contributed by atoms with Crippen molar-refractivity contribution in [3.8, 4) is 0 Å². The second-order valence-electron chi connectivity index (χ2n) is 5.29. The summed E-state index contributed by atoms with van der Waals surface area (Å²) in [6, 6.07) is 5.48. The molecule has 4 heteroatoms. The molecule has 0 spiro atoms. The molecule has 19 heavy (non-hydrogen) atoms. The molecule has 1 aliphatic carbocycles. The van der Waals surface area contributed by atoms with Crippen LogP contribution in [0.1, 0.15) is 42.5 Å². The molecular formula is C15H19BrClNO. The van der Waals surface area contributed by atoms with E-state index in [1.807, 2.05) is 24.1 Å². The highest BCUT2D eigenvalue weighted by Gasteiger charge is 2.21. The van der Waals surface area contributed by atoms with Crippen molar-refractivity contribution in [2.24, 2.45) is 5.92 Å². The number of benzene rings is 1. The molecule has 1 aliphatic rings. The van der Waals surface area contributed by atoms with E-state index in [1.54, 1.807) is 6.07 Å². The van der Waals surface area contributed by atoms with E-state index in [0.717, 1.165) is 11.0 Å². The van der Waals surface area contributed by atoms with Gasteiger partial charge in [-0.3, -0.25) is 4.79 Å². The predicted octanol–water partition coefficient (Wildman–Crippen LogP) is 4.75. The second-order valence-corrected chi connectivity index (χ2v) is 6.52. The normalized spacial score (nSPS) is 16.4. The Morgan fingerprint density at radius 2 is 2.05 bits per heavy atom. The molecule has 1 amide bonds. The van der Waals surface area contributed by atoms with Crippen LogP contribution in [0, 0.1) is 5.92 Å². The third kappa shape index (κ3) is 3.73. The van der Waals surface area contributed by atoms with Gasteiger partial charge in [-0.05, 0) is 46.8 Å². The number of amides is 1. The van der Waals surface area contributed by atoms with Crippen LogP contribution >= 0.6 is 27.5 Å². The van der Waals surface area contributed by atoms with Crippen LogP contribution in [-0.2, 0) is 0 Å². The number of halogens is 2. The average molecular weight is 345 g/mol. The first-order chi connectivity index (χ1) is 9.09. The highest BCUT2D eigenvalue weighted by atomic mass is 79.9. The monoisotopic (exact) mass is 343 g/mol. The Bertz CT molecular complexity index is 457. The molecule has 1 saturated carbocycles. The summed E-state index contributed by atoms with van der Waals surface area (Å²) < 4.78 is 0.770.